The first-order valence-corrected chi connectivity index (χ1v) is 5.91. The van der Waals surface area contributed by atoms with E-state index in [1.807, 2.05) is 5.32 Å². The van der Waals surface area contributed by atoms with Gasteiger partial charge in [-0.2, -0.15) is 13.2 Å². The summed E-state index contributed by atoms with van der Waals surface area (Å²) in [4.78, 5) is 17.9. The predicted octanol–water partition coefficient (Wildman–Crippen LogP) is 3.21. The minimum atomic E-state index is -4.76. The summed E-state index contributed by atoms with van der Waals surface area (Å²) in [7, 11) is 0. The lowest BCUT2D eigenvalue weighted by Gasteiger charge is -2.20. The van der Waals surface area contributed by atoms with Gasteiger partial charge in [-0.25, -0.2) is 14.8 Å². The number of halogens is 4. The van der Waals surface area contributed by atoms with E-state index in [0.29, 0.717) is 0 Å². The van der Waals surface area contributed by atoms with E-state index in [1.54, 1.807) is 20.8 Å². The molecule has 9 heteroatoms. The van der Waals surface area contributed by atoms with Gasteiger partial charge in [-0.15, -0.1) is 0 Å². The number of hydrogen-bond acceptors (Lipinski definition) is 3. The molecule has 1 aromatic rings. The number of carboxylic acid groups (broad SMARTS) is 1. The topological polar surface area (TPSA) is 75.1 Å². The SMILES string of the molecule is CC(C)(C)c1nc(Cl)c(C(F)(F)F)c(CNC(=O)O)n1. The lowest BCUT2D eigenvalue weighted by atomic mass is 9.95. The number of hydrogen-bond donors (Lipinski definition) is 2. The van der Waals surface area contributed by atoms with Crippen LogP contribution in [0.25, 0.3) is 0 Å². The summed E-state index contributed by atoms with van der Waals surface area (Å²) >= 11 is 5.59. The van der Waals surface area contributed by atoms with Crippen LogP contribution in [0.15, 0.2) is 0 Å². The third-order valence-corrected chi connectivity index (χ3v) is 2.57. The van der Waals surface area contributed by atoms with Gasteiger partial charge in [0.05, 0.1) is 12.2 Å². The molecule has 1 aromatic heterocycles. The van der Waals surface area contributed by atoms with Gasteiger partial charge in [0.2, 0.25) is 0 Å². The van der Waals surface area contributed by atoms with E-state index >= 15 is 0 Å². The molecular weight excluding hydrogens is 299 g/mol. The van der Waals surface area contributed by atoms with Crippen LogP contribution in [0.5, 0.6) is 0 Å². The Morgan fingerprint density at radius 3 is 2.25 bits per heavy atom. The van der Waals surface area contributed by atoms with Crippen molar-refractivity contribution < 1.29 is 23.1 Å². The molecule has 5 nitrogen and oxygen atoms in total. The molecule has 0 aliphatic carbocycles. The van der Waals surface area contributed by atoms with E-state index < -0.39 is 40.6 Å². The molecule has 2 N–H and O–H groups in total. The Hall–Kier alpha value is -1.57. The van der Waals surface area contributed by atoms with Crippen LogP contribution in [-0.2, 0) is 18.1 Å². The normalized spacial score (nSPS) is 12.3. The first-order chi connectivity index (χ1) is 8.93. The third-order valence-electron chi connectivity index (χ3n) is 2.30. The zero-order valence-electron chi connectivity index (χ0n) is 11.0. The Morgan fingerprint density at radius 2 is 1.85 bits per heavy atom. The standard InChI is InChI=1S/C11H13ClF3N3O2/c1-10(2,3)8-17-5(4-16-9(19)20)6(7(12)18-8)11(13,14)15/h16H,4H2,1-3H3,(H,19,20). The number of alkyl halides is 3. The maximum atomic E-state index is 12.9. The minimum Gasteiger partial charge on any atom is -0.465 e. The zero-order chi connectivity index (χ0) is 15.7. The monoisotopic (exact) mass is 311 g/mol. The van der Waals surface area contributed by atoms with Crippen molar-refractivity contribution in [3.05, 3.63) is 22.2 Å². The summed E-state index contributed by atoms with van der Waals surface area (Å²) in [6, 6.07) is 0. The van der Waals surface area contributed by atoms with Crippen molar-refractivity contribution in [1.29, 1.82) is 0 Å². The molecule has 0 bridgehead atoms. The molecule has 0 aromatic carbocycles. The quantitative estimate of drug-likeness (QED) is 0.822. The van der Waals surface area contributed by atoms with Crippen LogP contribution in [0.2, 0.25) is 5.15 Å². The lowest BCUT2D eigenvalue weighted by molar-refractivity contribution is -0.138. The van der Waals surface area contributed by atoms with Crippen LogP contribution in [0, 0.1) is 0 Å². The summed E-state index contributed by atoms with van der Waals surface area (Å²) in [5.74, 6) is 0.109. The van der Waals surface area contributed by atoms with Crippen molar-refractivity contribution in [3.63, 3.8) is 0 Å². The van der Waals surface area contributed by atoms with E-state index in [0.717, 1.165) is 0 Å². The number of nitrogens with one attached hydrogen (secondary N) is 1. The minimum absolute atomic E-state index is 0.109. The van der Waals surface area contributed by atoms with Gasteiger partial charge in [0, 0.05) is 5.41 Å². The molecule has 0 saturated heterocycles. The zero-order valence-corrected chi connectivity index (χ0v) is 11.7. The fourth-order valence-corrected chi connectivity index (χ4v) is 1.68. The Balaban J connectivity index is 3.40. The van der Waals surface area contributed by atoms with Gasteiger partial charge in [0.15, 0.2) is 0 Å². The maximum absolute atomic E-state index is 12.9. The van der Waals surface area contributed by atoms with E-state index in [-0.39, 0.29) is 5.82 Å². The van der Waals surface area contributed by atoms with Crippen molar-refractivity contribution in [2.45, 2.75) is 38.9 Å². The molecule has 0 aliphatic heterocycles. The van der Waals surface area contributed by atoms with Crippen molar-refractivity contribution in [3.8, 4) is 0 Å². The highest BCUT2D eigenvalue weighted by molar-refractivity contribution is 6.30. The molecule has 1 rings (SSSR count). The van der Waals surface area contributed by atoms with E-state index in [4.69, 9.17) is 16.7 Å². The summed E-state index contributed by atoms with van der Waals surface area (Å²) in [6.07, 6.45) is -6.21. The molecule has 1 heterocycles. The number of aromatic nitrogens is 2. The Bertz CT molecular complexity index is 527. The average Bonchev–Trinajstić information content (AvgIpc) is 2.22. The highest BCUT2D eigenvalue weighted by Gasteiger charge is 2.39. The highest BCUT2D eigenvalue weighted by atomic mass is 35.5. The summed E-state index contributed by atoms with van der Waals surface area (Å²) in [6.45, 7) is 4.52. The largest absolute Gasteiger partial charge is 0.465 e. The molecule has 0 fully saturated rings. The second kappa shape index (κ2) is 5.43. The Morgan fingerprint density at radius 1 is 1.30 bits per heavy atom. The Labute approximate surface area is 118 Å². The fraction of sp³-hybridized carbons (Fsp3) is 0.545. The fourth-order valence-electron chi connectivity index (χ4n) is 1.38. The number of amides is 1. The van der Waals surface area contributed by atoms with Crippen molar-refractivity contribution >= 4 is 17.7 Å². The first-order valence-electron chi connectivity index (χ1n) is 5.54. The van der Waals surface area contributed by atoms with Gasteiger partial charge in [-0.05, 0) is 0 Å². The van der Waals surface area contributed by atoms with Gasteiger partial charge >= 0.3 is 12.3 Å². The third kappa shape index (κ3) is 3.96. The van der Waals surface area contributed by atoms with Crippen molar-refractivity contribution in [2.75, 3.05) is 0 Å². The Kier molecular flexibility index (Phi) is 4.48. The molecule has 0 spiro atoms. The molecule has 0 radical (unpaired) electrons. The summed E-state index contributed by atoms with van der Waals surface area (Å²) in [5.41, 5.74) is -2.34. The van der Waals surface area contributed by atoms with Crippen LogP contribution in [0.3, 0.4) is 0 Å². The van der Waals surface area contributed by atoms with Crippen molar-refractivity contribution in [2.24, 2.45) is 0 Å². The molecule has 112 valence electrons. The van der Waals surface area contributed by atoms with Gasteiger partial charge in [0.25, 0.3) is 0 Å². The second-order valence-electron chi connectivity index (χ2n) is 5.07. The van der Waals surface area contributed by atoms with Crippen LogP contribution < -0.4 is 5.32 Å². The van der Waals surface area contributed by atoms with Crippen LogP contribution in [0.4, 0.5) is 18.0 Å². The van der Waals surface area contributed by atoms with Crippen LogP contribution in [-0.4, -0.2) is 21.2 Å². The lowest BCUT2D eigenvalue weighted by Crippen LogP contribution is -2.26. The summed E-state index contributed by atoms with van der Waals surface area (Å²) in [5, 5.41) is 9.61. The van der Waals surface area contributed by atoms with Gasteiger partial charge < -0.3 is 10.4 Å². The molecule has 0 unspecified atom stereocenters. The smallest absolute Gasteiger partial charge is 0.421 e. The van der Waals surface area contributed by atoms with E-state index in [9.17, 15) is 18.0 Å². The predicted molar refractivity (Wildman–Crippen MR) is 65.6 cm³/mol. The van der Waals surface area contributed by atoms with Crippen molar-refractivity contribution in [1.82, 2.24) is 15.3 Å². The number of nitrogens with zero attached hydrogens (tertiary/aromatic N) is 2. The number of carbonyl (C=O) groups is 1. The molecule has 0 atom stereocenters. The summed E-state index contributed by atoms with van der Waals surface area (Å²) < 4.78 is 38.8. The van der Waals surface area contributed by atoms with Crippen LogP contribution in [0.1, 0.15) is 37.9 Å². The molecular formula is C11H13ClF3N3O2. The van der Waals surface area contributed by atoms with Gasteiger partial charge in [0.1, 0.15) is 16.5 Å². The number of rotatable bonds is 2. The highest BCUT2D eigenvalue weighted by Crippen LogP contribution is 2.36. The molecule has 0 saturated carbocycles. The van der Waals surface area contributed by atoms with Crippen LogP contribution >= 0.6 is 11.6 Å². The average molecular weight is 312 g/mol. The first kappa shape index (κ1) is 16.5. The second-order valence-corrected chi connectivity index (χ2v) is 5.42. The molecule has 1 amide bonds. The van der Waals surface area contributed by atoms with E-state index in [1.165, 1.54) is 0 Å². The molecule has 0 aliphatic rings. The maximum Gasteiger partial charge on any atom is 0.421 e. The van der Waals surface area contributed by atoms with Gasteiger partial charge in [-0.1, -0.05) is 32.4 Å². The molecule has 20 heavy (non-hydrogen) atoms. The van der Waals surface area contributed by atoms with E-state index in [2.05, 4.69) is 9.97 Å². The van der Waals surface area contributed by atoms with Gasteiger partial charge in [-0.3, -0.25) is 0 Å².